The molecule has 0 atom stereocenters. The standard InChI is InChI=1S/C19H26Cl2N2O/c1-14-22-8-10-23(14)9-6-5-7-11-24-18-16(20)12-15(13-17(18)21)19(2,3)4/h8,10,12-13H,5-7,9,11H2,1-4H3. The number of ether oxygens (including phenoxy) is 1. The van der Waals surface area contributed by atoms with Crippen molar-refractivity contribution in [1.82, 2.24) is 9.55 Å². The van der Waals surface area contributed by atoms with E-state index >= 15 is 0 Å². The maximum atomic E-state index is 6.35. The van der Waals surface area contributed by atoms with Gasteiger partial charge in [0, 0.05) is 18.9 Å². The van der Waals surface area contributed by atoms with Crippen molar-refractivity contribution in [3.05, 3.63) is 46.0 Å². The van der Waals surface area contributed by atoms with E-state index in [9.17, 15) is 0 Å². The Morgan fingerprint density at radius 1 is 1.08 bits per heavy atom. The number of aromatic nitrogens is 2. The zero-order chi connectivity index (χ0) is 17.7. The van der Waals surface area contributed by atoms with Crippen molar-refractivity contribution in [1.29, 1.82) is 0 Å². The molecule has 1 heterocycles. The molecule has 1 aromatic heterocycles. The summed E-state index contributed by atoms with van der Waals surface area (Å²) in [7, 11) is 0. The number of halogens is 2. The largest absolute Gasteiger partial charge is 0.490 e. The van der Waals surface area contributed by atoms with E-state index in [4.69, 9.17) is 27.9 Å². The van der Waals surface area contributed by atoms with E-state index in [1.807, 2.05) is 31.5 Å². The first-order valence-corrected chi connectivity index (χ1v) is 9.14. The molecule has 1 aromatic carbocycles. The van der Waals surface area contributed by atoms with E-state index in [0.29, 0.717) is 22.4 Å². The summed E-state index contributed by atoms with van der Waals surface area (Å²) >= 11 is 12.7. The topological polar surface area (TPSA) is 27.1 Å². The third-order valence-corrected chi connectivity index (χ3v) is 4.64. The monoisotopic (exact) mass is 368 g/mol. The first kappa shape index (κ1) is 19.1. The van der Waals surface area contributed by atoms with Crippen molar-refractivity contribution < 1.29 is 4.74 Å². The first-order valence-electron chi connectivity index (χ1n) is 8.39. The summed E-state index contributed by atoms with van der Waals surface area (Å²) in [4.78, 5) is 4.22. The molecule has 2 aromatic rings. The number of nitrogens with zero attached hydrogens (tertiary/aromatic N) is 2. The molecule has 0 fully saturated rings. The molecule has 2 rings (SSSR count). The smallest absolute Gasteiger partial charge is 0.156 e. The van der Waals surface area contributed by atoms with Crippen LogP contribution in [0.5, 0.6) is 5.75 Å². The van der Waals surface area contributed by atoms with E-state index in [1.165, 1.54) is 0 Å². The Labute approximate surface area is 154 Å². The van der Waals surface area contributed by atoms with Gasteiger partial charge < -0.3 is 9.30 Å². The zero-order valence-electron chi connectivity index (χ0n) is 14.9. The van der Waals surface area contributed by atoms with E-state index in [0.717, 1.165) is 37.2 Å². The fourth-order valence-corrected chi connectivity index (χ4v) is 3.10. The Kier molecular flexibility index (Phi) is 6.59. The molecule has 5 heteroatoms. The van der Waals surface area contributed by atoms with E-state index in [2.05, 4.69) is 30.3 Å². The predicted octanol–water partition coefficient (Wildman–Crippen LogP) is 6.05. The molecule has 0 saturated heterocycles. The Bertz CT molecular complexity index is 651. The van der Waals surface area contributed by atoms with Crippen LogP contribution in [0.4, 0.5) is 0 Å². The Morgan fingerprint density at radius 3 is 2.29 bits per heavy atom. The second kappa shape index (κ2) is 8.26. The number of hydrogen-bond acceptors (Lipinski definition) is 2. The third-order valence-electron chi connectivity index (χ3n) is 4.08. The average molecular weight is 369 g/mol. The van der Waals surface area contributed by atoms with E-state index in [-0.39, 0.29) is 5.41 Å². The summed E-state index contributed by atoms with van der Waals surface area (Å²) in [5.74, 6) is 1.65. The molecule has 0 aliphatic heterocycles. The molecular weight excluding hydrogens is 343 g/mol. The lowest BCUT2D eigenvalue weighted by Crippen LogP contribution is -2.11. The second-order valence-electron chi connectivity index (χ2n) is 7.10. The lowest BCUT2D eigenvalue weighted by molar-refractivity contribution is 0.304. The third kappa shape index (κ3) is 5.15. The van der Waals surface area contributed by atoms with Crippen molar-refractivity contribution in [3.8, 4) is 5.75 Å². The van der Waals surface area contributed by atoms with Gasteiger partial charge in [-0.2, -0.15) is 0 Å². The van der Waals surface area contributed by atoms with E-state index in [1.54, 1.807) is 0 Å². The Balaban J connectivity index is 1.79. The lowest BCUT2D eigenvalue weighted by atomic mass is 9.87. The van der Waals surface area contributed by atoms with Crippen LogP contribution in [0, 0.1) is 6.92 Å². The molecule has 3 nitrogen and oxygen atoms in total. The van der Waals surface area contributed by atoms with Gasteiger partial charge in [-0.25, -0.2) is 4.98 Å². The van der Waals surface area contributed by atoms with Crippen LogP contribution in [0.15, 0.2) is 24.5 Å². The summed E-state index contributed by atoms with van der Waals surface area (Å²) in [5.41, 5.74) is 1.12. The first-order chi connectivity index (χ1) is 11.3. The van der Waals surface area contributed by atoms with E-state index < -0.39 is 0 Å². The maximum Gasteiger partial charge on any atom is 0.156 e. The number of imidazole rings is 1. The zero-order valence-corrected chi connectivity index (χ0v) is 16.4. The predicted molar refractivity (Wildman–Crippen MR) is 101 cm³/mol. The summed E-state index contributed by atoms with van der Waals surface area (Å²) < 4.78 is 7.98. The molecule has 0 N–H and O–H groups in total. The molecule has 0 amide bonds. The fraction of sp³-hybridized carbons (Fsp3) is 0.526. The van der Waals surface area contributed by atoms with Crippen LogP contribution < -0.4 is 4.74 Å². The van der Waals surface area contributed by atoms with Gasteiger partial charge >= 0.3 is 0 Å². The van der Waals surface area contributed by atoms with Gasteiger partial charge in [0.05, 0.1) is 16.7 Å². The highest BCUT2D eigenvalue weighted by Gasteiger charge is 2.18. The molecule has 0 saturated carbocycles. The van der Waals surface area contributed by atoms with Gasteiger partial charge in [-0.1, -0.05) is 44.0 Å². The SMILES string of the molecule is Cc1nccn1CCCCCOc1c(Cl)cc(C(C)(C)C)cc1Cl. The molecule has 0 spiro atoms. The molecule has 0 radical (unpaired) electrons. The highest BCUT2D eigenvalue weighted by molar-refractivity contribution is 6.37. The summed E-state index contributed by atoms with van der Waals surface area (Å²) in [6.07, 6.45) is 7.02. The van der Waals surface area contributed by atoms with Gasteiger partial charge in [0.2, 0.25) is 0 Å². The van der Waals surface area contributed by atoms with Crippen LogP contribution in [-0.4, -0.2) is 16.2 Å². The van der Waals surface area contributed by atoms with Gasteiger partial charge in [0.1, 0.15) is 5.82 Å². The number of unbranched alkanes of at least 4 members (excludes halogenated alkanes) is 2. The average Bonchev–Trinajstić information content (AvgIpc) is 2.89. The molecular formula is C19H26Cl2N2O. The van der Waals surface area contributed by atoms with Crippen molar-refractivity contribution in [2.75, 3.05) is 6.61 Å². The van der Waals surface area contributed by atoms with Gasteiger partial charge in [0.15, 0.2) is 5.75 Å². The van der Waals surface area contributed by atoms with Crippen molar-refractivity contribution in [2.45, 2.75) is 58.9 Å². The Hall–Kier alpha value is -1.19. The van der Waals surface area contributed by atoms with Gasteiger partial charge in [-0.05, 0) is 49.3 Å². The number of benzene rings is 1. The molecule has 132 valence electrons. The van der Waals surface area contributed by atoms with Crippen molar-refractivity contribution in [3.63, 3.8) is 0 Å². The van der Waals surface area contributed by atoms with Crippen LogP contribution in [-0.2, 0) is 12.0 Å². The Morgan fingerprint density at radius 2 is 1.75 bits per heavy atom. The van der Waals surface area contributed by atoms with Crippen LogP contribution >= 0.6 is 23.2 Å². The minimum absolute atomic E-state index is 0.0112. The number of rotatable bonds is 7. The van der Waals surface area contributed by atoms with Gasteiger partial charge in [-0.15, -0.1) is 0 Å². The normalized spacial score (nSPS) is 11.8. The number of hydrogen-bond donors (Lipinski definition) is 0. The number of aryl methyl sites for hydroxylation is 2. The summed E-state index contributed by atoms with van der Waals surface area (Å²) in [6.45, 7) is 10.0. The highest BCUT2D eigenvalue weighted by Crippen LogP contribution is 2.37. The van der Waals surface area contributed by atoms with Crippen molar-refractivity contribution >= 4 is 23.2 Å². The lowest BCUT2D eigenvalue weighted by Gasteiger charge is -2.21. The quantitative estimate of drug-likeness (QED) is 0.556. The molecule has 0 unspecified atom stereocenters. The minimum atomic E-state index is 0.0112. The molecule has 0 aliphatic carbocycles. The summed E-state index contributed by atoms with van der Waals surface area (Å²) in [6, 6.07) is 3.90. The molecule has 0 aliphatic rings. The molecule has 0 bridgehead atoms. The minimum Gasteiger partial charge on any atom is -0.490 e. The van der Waals surface area contributed by atoms with Crippen molar-refractivity contribution in [2.24, 2.45) is 0 Å². The van der Waals surface area contributed by atoms with Gasteiger partial charge in [0.25, 0.3) is 0 Å². The molecule has 24 heavy (non-hydrogen) atoms. The van der Waals surface area contributed by atoms with Gasteiger partial charge in [-0.3, -0.25) is 0 Å². The maximum absolute atomic E-state index is 6.35. The van der Waals surface area contributed by atoms with Crippen LogP contribution in [0.25, 0.3) is 0 Å². The van der Waals surface area contributed by atoms with Crippen LogP contribution in [0.3, 0.4) is 0 Å². The second-order valence-corrected chi connectivity index (χ2v) is 7.91. The fourth-order valence-electron chi connectivity index (χ4n) is 2.51. The van der Waals surface area contributed by atoms with Crippen LogP contribution in [0.2, 0.25) is 10.0 Å². The summed E-state index contributed by atoms with van der Waals surface area (Å²) in [5, 5.41) is 1.17. The van der Waals surface area contributed by atoms with Crippen LogP contribution in [0.1, 0.15) is 51.4 Å². The highest BCUT2D eigenvalue weighted by atomic mass is 35.5.